The minimum Gasteiger partial charge on any atom is -0.369 e. The topological polar surface area (TPSA) is 79.8 Å². The molecule has 2 aromatic rings. The second-order valence-electron chi connectivity index (χ2n) is 4.61. The number of anilines is 1. The Kier molecular flexibility index (Phi) is 5.63. The molecule has 2 heterocycles. The summed E-state index contributed by atoms with van der Waals surface area (Å²) in [5.74, 6) is 0.452. The Labute approximate surface area is 124 Å². The van der Waals surface area contributed by atoms with Gasteiger partial charge in [0.15, 0.2) is 0 Å². The van der Waals surface area contributed by atoms with Crippen LogP contribution in [0, 0.1) is 0 Å². The van der Waals surface area contributed by atoms with Gasteiger partial charge in [-0.2, -0.15) is 0 Å². The average Bonchev–Trinajstić information content (AvgIpc) is 2.54. The fourth-order valence-corrected chi connectivity index (χ4v) is 1.70. The van der Waals surface area contributed by atoms with Crippen LogP contribution >= 0.6 is 0 Å². The number of hydrogen-bond acceptors (Lipinski definition) is 5. The van der Waals surface area contributed by atoms with Crippen LogP contribution in [-0.2, 0) is 6.54 Å². The van der Waals surface area contributed by atoms with E-state index in [2.05, 4.69) is 32.5 Å². The van der Waals surface area contributed by atoms with Crippen molar-refractivity contribution >= 4 is 11.7 Å². The first-order valence-corrected chi connectivity index (χ1v) is 7.02. The van der Waals surface area contributed by atoms with E-state index in [0.717, 1.165) is 24.9 Å². The molecule has 0 radical (unpaired) electrons. The molecule has 0 saturated heterocycles. The van der Waals surface area contributed by atoms with Gasteiger partial charge in [-0.15, -0.1) is 0 Å². The zero-order valence-electron chi connectivity index (χ0n) is 12.0. The van der Waals surface area contributed by atoms with Crippen LogP contribution in [-0.4, -0.2) is 27.4 Å². The second-order valence-corrected chi connectivity index (χ2v) is 4.61. The highest BCUT2D eigenvalue weighted by Crippen LogP contribution is 2.02. The van der Waals surface area contributed by atoms with Crippen LogP contribution in [0.2, 0.25) is 0 Å². The molecular weight excluding hydrogens is 266 g/mol. The number of pyridine rings is 1. The van der Waals surface area contributed by atoms with Gasteiger partial charge < -0.3 is 10.6 Å². The molecule has 0 bridgehead atoms. The van der Waals surface area contributed by atoms with E-state index in [-0.39, 0.29) is 5.91 Å². The number of hydrogen-bond donors (Lipinski definition) is 2. The fraction of sp³-hybridized carbons (Fsp3) is 0.333. The Bertz CT molecular complexity index is 556. The predicted octanol–water partition coefficient (Wildman–Crippen LogP) is 2.01. The van der Waals surface area contributed by atoms with Gasteiger partial charge in [-0.3, -0.25) is 9.78 Å². The van der Waals surface area contributed by atoms with Crippen molar-refractivity contribution in [3.63, 3.8) is 0 Å². The highest BCUT2D eigenvalue weighted by Gasteiger charge is 2.07. The zero-order valence-corrected chi connectivity index (χ0v) is 12.0. The van der Waals surface area contributed by atoms with Gasteiger partial charge in [0, 0.05) is 25.5 Å². The van der Waals surface area contributed by atoms with E-state index in [9.17, 15) is 4.79 Å². The maximum absolute atomic E-state index is 11.9. The Morgan fingerprint density at radius 2 is 2.00 bits per heavy atom. The summed E-state index contributed by atoms with van der Waals surface area (Å²) < 4.78 is 0. The minimum atomic E-state index is -0.237. The van der Waals surface area contributed by atoms with Gasteiger partial charge in [-0.25, -0.2) is 9.97 Å². The number of aromatic nitrogens is 3. The largest absolute Gasteiger partial charge is 0.369 e. The third-order valence-electron chi connectivity index (χ3n) is 2.92. The van der Waals surface area contributed by atoms with Gasteiger partial charge in [-0.1, -0.05) is 13.3 Å². The molecule has 0 saturated carbocycles. The molecule has 0 fully saturated rings. The van der Waals surface area contributed by atoms with Crippen LogP contribution in [0.15, 0.2) is 36.9 Å². The minimum absolute atomic E-state index is 0.237. The lowest BCUT2D eigenvalue weighted by Crippen LogP contribution is -2.24. The molecule has 0 unspecified atom stereocenters. The van der Waals surface area contributed by atoms with E-state index in [1.165, 1.54) is 6.20 Å². The lowest BCUT2D eigenvalue weighted by molar-refractivity contribution is 0.0945. The number of rotatable bonds is 7. The SMILES string of the molecule is CCCCNc1cnc(C(=O)NCc2ccncc2)cn1. The summed E-state index contributed by atoms with van der Waals surface area (Å²) in [6.07, 6.45) is 8.65. The van der Waals surface area contributed by atoms with Gasteiger partial charge >= 0.3 is 0 Å². The van der Waals surface area contributed by atoms with Crippen LogP contribution in [0.4, 0.5) is 5.82 Å². The Hall–Kier alpha value is -2.50. The van der Waals surface area contributed by atoms with E-state index in [1.54, 1.807) is 18.6 Å². The molecule has 6 heteroatoms. The van der Waals surface area contributed by atoms with Crippen molar-refractivity contribution in [2.45, 2.75) is 26.3 Å². The van der Waals surface area contributed by atoms with E-state index >= 15 is 0 Å². The summed E-state index contributed by atoms with van der Waals surface area (Å²) in [5.41, 5.74) is 1.30. The molecule has 0 aliphatic heterocycles. The third kappa shape index (κ3) is 4.83. The molecule has 0 aromatic carbocycles. The summed E-state index contributed by atoms with van der Waals surface area (Å²) in [7, 11) is 0. The van der Waals surface area contributed by atoms with Crippen LogP contribution < -0.4 is 10.6 Å². The molecule has 6 nitrogen and oxygen atoms in total. The lowest BCUT2D eigenvalue weighted by atomic mass is 10.2. The van der Waals surface area contributed by atoms with Crippen molar-refractivity contribution in [3.05, 3.63) is 48.2 Å². The lowest BCUT2D eigenvalue weighted by Gasteiger charge is -2.06. The summed E-state index contributed by atoms with van der Waals surface area (Å²) in [6, 6.07) is 3.71. The van der Waals surface area contributed by atoms with Gasteiger partial charge in [-0.05, 0) is 24.1 Å². The molecule has 2 rings (SSSR count). The fourth-order valence-electron chi connectivity index (χ4n) is 1.70. The summed E-state index contributed by atoms with van der Waals surface area (Å²) in [6.45, 7) is 3.43. The van der Waals surface area contributed by atoms with Gasteiger partial charge in [0.25, 0.3) is 5.91 Å². The Balaban J connectivity index is 1.85. The predicted molar refractivity (Wildman–Crippen MR) is 80.8 cm³/mol. The van der Waals surface area contributed by atoms with E-state index in [1.807, 2.05) is 12.1 Å². The van der Waals surface area contributed by atoms with Crippen LogP contribution in [0.5, 0.6) is 0 Å². The summed E-state index contributed by atoms with van der Waals surface area (Å²) in [4.78, 5) is 24.2. The molecule has 110 valence electrons. The Morgan fingerprint density at radius 1 is 1.19 bits per heavy atom. The summed E-state index contributed by atoms with van der Waals surface area (Å²) in [5, 5.41) is 5.95. The molecular formula is C15H19N5O. The number of nitrogens with zero attached hydrogens (tertiary/aromatic N) is 3. The molecule has 0 spiro atoms. The molecule has 0 aliphatic carbocycles. The van der Waals surface area contributed by atoms with E-state index < -0.39 is 0 Å². The number of carbonyl (C=O) groups is 1. The average molecular weight is 285 g/mol. The first-order valence-electron chi connectivity index (χ1n) is 7.02. The maximum atomic E-state index is 11.9. The standard InChI is InChI=1S/C15H19N5O/c1-2-3-6-17-14-11-18-13(10-19-14)15(21)20-9-12-4-7-16-8-5-12/h4-5,7-8,10-11H,2-3,6,9H2,1H3,(H,17,19)(H,20,21). The van der Waals surface area contributed by atoms with Crippen molar-refractivity contribution in [2.24, 2.45) is 0 Å². The van der Waals surface area contributed by atoms with Gasteiger partial charge in [0.1, 0.15) is 11.5 Å². The molecule has 0 aliphatic rings. The van der Waals surface area contributed by atoms with E-state index in [4.69, 9.17) is 0 Å². The Morgan fingerprint density at radius 3 is 2.67 bits per heavy atom. The monoisotopic (exact) mass is 285 g/mol. The number of carbonyl (C=O) groups excluding carboxylic acids is 1. The first-order chi connectivity index (χ1) is 10.3. The van der Waals surface area contributed by atoms with Gasteiger partial charge in [0.05, 0.1) is 12.4 Å². The molecule has 2 N–H and O–H groups in total. The normalized spacial score (nSPS) is 10.1. The molecule has 1 amide bonds. The van der Waals surface area contributed by atoms with Crippen molar-refractivity contribution in [2.75, 3.05) is 11.9 Å². The van der Waals surface area contributed by atoms with Crippen LogP contribution in [0.3, 0.4) is 0 Å². The molecule has 21 heavy (non-hydrogen) atoms. The molecule has 2 aromatic heterocycles. The van der Waals surface area contributed by atoms with Crippen molar-refractivity contribution in [3.8, 4) is 0 Å². The first kappa shape index (κ1) is 14.9. The summed E-state index contributed by atoms with van der Waals surface area (Å²) >= 11 is 0. The second kappa shape index (κ2) is 7.94. The smallest absolute Gasteiger partial charge is 0.271 e. The zero-order chi connectivity index (χ0) is 14.9. The molecule has 0 atom stereocenters. The third-order valence-corrected chi connectivity index (χ3v) is 2.92. The maximum Gasteiger partial charge on any atom is 0.271 e. The quantitative estimate of drug-likeness (QED) is 0.761. The van der Waals surface area contributed by atoms with Gasteiger partial charge in [0.2, 0.25) is 0 Å². The number of nitrogens with one attached hydrogen (secondary N) is 2. The van der Waals surface area contributed by atoms with Crippen molar-refractivity contribution < 1.29 is 4.79 Å². The van der Waals surface area contributed by atoms with Crippen molar-refractivity contribution in [1.29, 1.82) is 0 Å². The highest BCUT2D eigenvalue weighted by atomic mass is 16.1. The van der Waals surface area contributed by atoms with Crippen molar-refractivity contribution in [1.82, 2.24) is 20.3 Å². The number of amides is 1. The van der Waals surface area contributed by atoms with Crippen LogP contribution in [0.1, 0.15) is 35.8 Å². The highest BCUT2D eigenvalue weighted by molar-refractivity contribution is 5.91. The van der Waals surface area contributed by atoms with Crippen LogP contribution in [0.25, 0.3) is 0 Å². The van der Waals surface area contributed by atoms with E-state index in [0.29, 0.717) is 18.1 Å². The number of unbranched alkanes of at least 4 members (excludes halogenated alkanes) is 1.